The molecule has 2 nitrogen and oxygen atoms in total. The van der Waals surface area contributed by atoms with Gasteiger partial charge in [0.2, 0.25) is 0 Å². The van der Waals surface area contributed by atoms with E-state index in [1.54, 1.807) is 0 Å². The lowest BCUT2D eigenvalue weighted by atomic mass is 9.99. The second kappa shape index (κ2) is 8.55. The standard InChI is InChI=1S/C19H34N2/c1-8-11-20-19(13-21(7)17(6)14(2)3)18-10-9-15(4)16(5)12-18/h9-10,12,14,17,19-20H,8,11,13H2,1-7H3. The van der Waals surface area contributed by atoms with Crippen molar-refractivity contribution in [3.8, 4) is 0 Å². The summed E-state index contributed by atoms with van der Waals surface area (Å²) in [4.78, 5) is 2.48. The zero-order valence-electron chi connectivity index (χ0n) is 15.0. The van der Waals surface area contributed by atoms with Crippen LogP contribution in [0.3, 0.4) is 0 Å². The second-order valence-corrected chi connectivity index (χ2v) is 6.77. The Labute approximate surface area is 131 Å². The monoisotopic (exact) mass is 290 g/mol. The predicted molar refractivity (Wildman–Crippen MR) is 93.9 cm³/mol. The van der Waals surface area contributed by atoms with Gasteiger partial charge in [0.25, 0.3) is 0 Å². The Morgan fingerprint density at radius 3 is 2.29 bits per heavy atom. The lowest BCUT2D eigenvalue weighted by Crippen LogP contribution is -2.40. The Bertz CT molecular complexity index is 426. The number of hydrogen-bond donors (Lipinski definition) is 1. The summed E-state index contributed by atoms with van der Waals surface area (Å²) >= 11 is 0. The van der Waals surface area contributed by atoms with Crippen molar-refractivity contribution in [1.82, 2.24) is 10.2 Å². The van der Waals surface area contributed by atoms with Crippen LogP contribution in [0.4, 0.5) is 0 Å². The maximum absolute atomic E-state index is 3.72. The van der Waals surface area contributed by atoms with Gasteiger partial charge >= 0.3 is 0 Å². The molecular weight excluding hydrogens is 256 g/mol. The van der Waals surface area contributed by atoms with Gasteiger partial charge in [0.1, 0.15) is 0 Å². The Kier molecular flexibility index (Phi) is 7.41. The van der Waals surface area contributed by atoms with Crippen LogP contribution in [0, 0.1) is 19.8 Å². The van der Waals surface area contributed by atoms with Crippen LogP contribution in [0.15, 0.2) is 18.2 Å². The molecule has 0 aromatic heterocycles. The van der Waals surface area contributed by atoms with Crippen molar-refractivity contribution in [1.29, 1.82) is 0 Å². The van der Waals surface area contributed by atoms with E-state index < -0.39 is 0 Å². The highest BCUT2D eigenvalue weighted by atomic mass is 15.2. The van der Waals surface area contributed by atoms with Crippen LogP contribution < -0.4 is 5.32 Å². The molecule has 0 saturated heterocycles. The maximum atomic E-state index is 3.72. The molecule has 0 radical (unpaired) electrons. The summed E-state index contributed by atoms with van der Waals surface area (Å²) in [6.45, 7) is 15.7. The van der Waals surface area contributed by atoms with Gasteiger partial charge in [0.05, 0.1) is 0 Å². The van der Waals surface area contributed by atoms with Crippen LogP contribution in [0.1, 0.15) is 56.8 Å². The molecule has 0 amide bonds. The Morgan fingerprint density at radius 1 is 1.10 bits per heavy atom. The summed E-state index contributed by atoms with van der Waals surface area (Å²) in [5.41, 5.74) is 4.17. The molecular formula is C19H34N2. The van der Waals surface area contributed by atoms with Crippen LogP contribution in [-0.4, -0.2) is 31.1 Å². The van der Waals surface area contributed by atoms with Crippen LogP contribution >= 0.6 is 0 Å². The molecule has 1 aromatic carbocycles. The average molecular weight is 290 g/mol. The summed E-state index contributed by atoms with van der Waals surface area (Å²) in [6.07, 6.45) is 1.17. The first-order valence-electron chi connectivity index (χ1n) is 8.37. The van der Waals surface area contributed by atoms with Crippen molar-refractivity contribution in [3.63, 3.8) is 0 Å². The summed E-state index contributed by atoms with van der Waals surface area (Å²) < 4.78 is 0. The van der Waals surface area contributed by atoms with Gasteiger partial charge in [0.15, 0.2) is 0 Å². The minimum absolute atomic E-state index is 0.412. The molecule has 120 valence electrons. The topological polar surface area (TPSA) is 15.3 Å². The van der Waals surface area contributed by atoms with Gasteiger partial charge in [0, 0.05) is 18.6 Å². The molecule has 1 aromatic rings. The third-order valence-corrected chi connectivity index (χ3v) is 4.70. The number of nitrogens with zero attached hydrogens (tertiary/aromatic N) is 1. The molecule has 0 spiro atoms. The molecule has 2 atom stereocenters. The number of benzene rings is 1. The third-order valence-electron chi connectivity index (χ3n) is 4.70. The van der Waals surface area contributed by atoms with Gasteiger partial charge < -0.3 is 10.2 Å². The fourth-order valence-electron chi connectivity index (χ4n) is 2.55. The van der Waals surface area contributed by atoms with Crippen molar-refractivity contribution in [2.24, 2.45) is 5.92 Å². The summed E-state index contributed by atoms with van der Waals surface area (Å²) in [5.74, 6) is 0.682. The van der Waals surface area contributed by atoms with E-state index in [4.69, 9.17) is 0 Å². The smallest absolute Gasteiger partial charge is 0.0449 e. The summed E-state index contributed by atoms with van der Waals surface area (Å²) in [5, 5.41) is 3.72. The summed E-state index contributed by atoms with van der Waals surface area (Å²) in [7, 11) is 2.24. The molecule has 0 bridgehead atoms. The lowest BCUT2D eigenvalue weighted by Gasteiger charge is -2.32. The van der Waals surface area contributed by atoms with Crippen LogP contribution in [-0.2, 0) is 0 Å². The quantitative estimate of drug-likeness (QED) is 0.767. The van der Waals surface area contributed by atoms with E-state index in [9.17, 15) is 0 Å². The predicted octanol–water partition coefficient (Wildman–Crippen LogP) is 4.32. The van der Waals surface area contributed by atoms with E-state index in [-0.39, 0.29) is 0 Å². The molecule has 2 unspecified atom stereocenters. The fraction of sp³-hybridized carbons (Fsp3) is 0.684. The van der Waals surface area contributed by atoms with Crippen LogP contribution in [0.25, 0.3) is 0 Å². The van der Waals surface area contributed by atoms with E-state index in [0.717, 1.165) is 13.1 Å². The third kappa shape index (κ3) is 5.44. The van der Waals surface area contributed by atoms with Gasteiger partial charge in [-0.2, -0.15) is 0 Å². The second-order valence-electron chi connectivity index (χ2n) is 6.77. The molecule has 1 N–H and O–H groups in total. The van der Waals surface area contributed by atoms with Crippen molar-refractivity contribution in [2.75, 3.05) is 20.1 Å². The van der Waals surface area contributed by atoms with Gasteiger partial charge in [-0.25, -0.2) is 0 Å². The number of aryl methyl sites for hydroxylation is 2. The maximum Gasteiger partial charge on any atom is 0.0449 e. The molecule has 21 heavy (non-hydrogen) atoms. The fourth-order valence-corrected chi connectivity index (χ4v) is 2.55. The first-order chi connectivity index (χ1) is 9.86. The number of likely N-dealkylation sites (N-methyl/N-ethyl adjacent to an activating group) is 1. The first kappa shape index (κ1) is 18.2. The minimum Gasteiger partial charge on any atom is -0.309 e. The average Bonchev–Trinajstić information content (AvgIpc) is 2.45. The van der Waals surface area contributed by atoms with E-state index in [1.165, 1.54) is 23.1 Å². The van der Waals surface area contributed by atoms with Crippen molar-refractivity contribution < 1.29 is 0 Å². The number of nitrogens with one attached hydrogen (secondary N) is 1. The molecule has 0 saturated carbocycles. The van der Waals surface area contributed by atoms with E-state index >= 15 is 0 Å². The van der Waals surface area contributed by atoms with Crippen LogP contribution in [0.5, 0.6) is 0 Å². The molecule has 0 aliphatic rings. The SMILES string of the molecule is CCCNC(CN(C)C(C)C(C)C)c1ccc(C)c(C)c1. The van der Waals surface area contributed by atoms with E-state index in [2.05, 4.69) is 77.0 Å². The molecule has 2 heteroatoms. The molecule has 0 aliphatic heterocycles. The normalized spacial score (nSPS) is 14.7. The van der Waals surface area contributed by atoms with E-state index in [1.807, 2.05) is 0 Å². The Hall–Kier alpha value is -0.860. The summed E-state index contributed by atoms with van der Waals surface area (Å²) in [6, 6.07) is 7.88. The highest BCUT2D eigenvalue weighted by molar-refractivity contribution is 5.32. The molecule has 1 rings (SSSR count). The number of hydrogen-bond acceptors (Lipinski definition) is 2. The molecule has 0 aliphatic carbocycles. The number of rotatable bonds is 8. The van der Waals surface area contributed by atoms with Crippen molar-refractivity contribution >= 4 is 0 Å². The molecule has 0 fully saturated rings. The lowest BCUT2D eigenvalue weighted by molar-refractivity contribution is 0.188. The first-order valence-corrected chi connectivity index (χ1v) is 8.37. The van der Waals surface area contributed by atoms with Gasteiger partial charge in [-0.15, -0.1) is 0 Å². The van der Waals surface area contributed by atoms with Gasteiger partial charge in [-0.05, 0) is 63.4 Å². The van der Waals surface area contributed by atoms with Crippen molar-refractivity contribution in [3.05, 3.63) is 34.9 Å². The Balaban J connectivity index is 2.86. The zero-order chi connectivity index (χ0) is 16.0. The highest BCUT2D eigenvalue weighted by Gasteiger charge is 2.19. The highest BCUT2D eigenvalue weighted by Crippen LogP contribution is 2.20. The van der Waals surface area contributed by atoms with Gasteiger partial charge in [-0.3, -0.25) is 0 Å². The Morgan fingerprint density at radius 2 is 1.76 bits per heavy atom. The largest absolute Gasteiger partial charge is 0.309 e. The zero-order valence-corrected chi connectivity index (χ0v) is 15.0. The van der Waals surface area contributed by atoms with Gasteiger partial charge in [-0.1, -0.05) is 39.0 Å². The van der Waals surface area contributed by atoms with Crippen molar-refractivity contribution in [2.45, 2.75) is 60.0 Å². The minimum atomic E-state index is 0.412. The molecule has 0 heterocycles. The van der Waals surface area contributed by atoms with E-state index in [0.29, 0.717) is 18.0 Å². The van der Waals surface area contributed by atoms with Crippen LogP contribution in [0.2, 0.25) is 0 Å².